The fourth-order valence-corrected chi connectivity index (χ4v) is 2.79. The Morgan fingerprint density at radius 2 is 1.68 bits per heavy atom. The smallest absolute Gasteiger partial charge is 0.277 e. The van der Waals surface area contributed by atoms with E-state index in [0.29, 0.717) is 38.5 Å². The van der Waals surface area contributed by atoms with Crippen molar-refractivity contribution in [3.8, 4) is 28.7 Å². The number of carbonyl (C=O) groups excluding carboxylic acids is 1. The van der Waals surface area contributed by atoms with Crippen molar-refractivity contribution in [1.29, 1.82) is 0 Å². The van der Waals surface area contributed by atoms with Crippen LogP contribution < -0.4 is 19.5 Å². The summed E-state index contributed by atoms with van der Waals surface area (Å²) in [5.74, 6) is 1.02. The van der Waals surface area contributed by atoms with E-state index in [0.717, 1.165) is 0 Å². The predicted molar refractivity (Wildman–Crippen MR) is 106 cm³/mol. The number of benzene rings is 2. The molecule has 3 rings (SSSR count). The van der Waals surface area contributed by atoms with Crippen molar-refractivity contribution in [3.63, 3.8) is 0 Å². The van der Waals surface area contributed by atoms with Crippen molar-refractivity contribution in [2.24, 2.45) is 0 Å². The largest absolute Gasteiger partial charge is 0.493 e. The minimum Gasteiger partial charge on any atom is -0.493 e. The van der Waals surface area contributed by atoms with Crippen LogP contribution in [0.2, 0.25) is 10.0 Å². The molecular weight excluding hydrogens is 407 g/mol. The van der Waals surface area contributed by atoms with Crippen LogP contribution in [-0.2, 0) is 0 Å². The highest BCUT2D eigenvalue weighted by Crippen LogP contribution is 2.40. The van der Waals surface area contributed by atoms with Crippen molar-refractivity contribution < 1.29 is 23.4 Å². The molecule has 7 nitrogen and oxygen atoms in total. The van der Waals surface area contributed by atoms with Gasteiger partial charge in [-0.3, -0.25) is 4.79 Å². The normalized spacial score (nSPS) is 10.5. The van der Waals surface area contributed by atoms with Crippen molar-refractivity contribution in [3.05, 3.63) is 52.3 Å². The zero-order valence-corrected chi connectivity index (χ0v) is 16.7. The number of nitrogens with one attached hydrogen (secondary N) is 1. The number of carbonyl (C=O) groups is 1. The van der Waals surface area contributed by atoms with E-state index in [1.165, 1.54) is 27.6 Å². The average Bonchev–Trinajstić information content (AvgIpc) is 3.19. The van der Waals surface area contributed by atoms with Gasteiger partial charge in [-0.2, -0.15) is 0 Å². The van der Waals surface area contributed by atoms with Gasteiger partial charge >= 0.3 is 0 Å². The maximum absolute atomic E-state index is 12.5. The molecule has 0 bridgehead atoms. The first-order chi connectivity index (χ1) is 13.5. The fraction of sp³-hybridized carbons (Fsp3) is 0.158. The second-order valence-corrected chi connectivity index (χ2v) is 6.35. The van der Waals surface area contributed by atoms with Gasteiger partial charge in [0.2, 0.25) is 11.6 Å². The molecule has 28 heavy (non-hydrogen) atoms. The van der Waals surface area contributed by atoms with E-state index in [1.54, 1.807) is 30.3 Å². The molecule has 1 aromatic heterocycles. The first-order valence-corrected chi connectivity index (χ1v) is 8.74. The molecular formula is C19H16Cl2N2O5. The van der Waals surface area contributed by atoms with Crippen LogP contribution in [0.4, 0.5) is 5.69 Å². The van der Waals surface area contributed by atoms with Gasteiger partial charge in [0.15, 0.2) is 17.2 Å². The maximum atomic E-state index is 12.5. The van der Waals surface area contributed by atoms with Crippen LogP contribution in [0.5, 0.6) is 17.2 Å². The van der Waals surface area contributed by atoms with Gasteiger partial charge in [0, 0.05) is 23.4 Å². The molecule has 0 atom stereocenters. The first-order valence-electron chi connectivity index (χ1n) is 7.99. The highest BCUT2D eigenvalue weighted by Gasteiger charge is 2.18. The second kappa shape index (κ2) is 8.41. The number of rotatable bonds is 6. The molecule has 1 heterocycles. The number of hydrogen-bond donors (Lipinski definition) is 1. The Labute approximate surface area is 171 Å². The number of halogens is 2. The highest BCUT2D eigenvalue weighted by molar-refractivity contribution is 6.42. The van der Waals surface area contributed by atoms with Gasteiger partial charge in [0.05, 0.1) is 31.4 Å². The van der Waals surface area contributed by atoms with E-state index in [4.69, 9.17) is 41.8 Å². The molecule has 0 fully saturated rings. The molecule has 0 saturated heterocycles. The maximum Gasteiger partial charge on any atom is 0.277 e. The lowest BCUT2D eigenvalue weighted by atomic mass is 10.2. The molecule has 0 aliphatic heterocycles. The minimum atomic E-state index is -0.468. The number of ether oxygens (including phenoxy) is 3. The summed E-state index contributed by atoms with van der Waals surface area (Å²) in [4.78, 5) is 16.7. The van der Waals surface area contributed by atoms with Crippen LogP contribution in [0, 0.1) is 0 Å². The quantitative estimate of drug-likeness (QED) is 0.606. The summed E-state index contributed by atoms with van der Waals surface area (Å²) < 4.78 is 21.2. The average molecular weight is 423 g/mol. The number of nitrogens with zero attached hydrogens (tertiary/aromatic N) is 1. The van der Waals surface area contributed by atoms with Gasteiger partial charge in [-0.25, -0.2) is 4.98 Å². The van der Waals surface area contributed by atoms with Gasteiger partial charge in [-0.05, 0) is 18.2 Å². The van der Waals surface area contributed by atoms with E-state index in [-0.39, 0.29) is 11.6 Å². The standard InChI is InChI=1S/C19H16Cl2N2O5/c1-25-15-7-11(8-16(26-2)17(15)27-3)22-18(24)14-9-28-19(23-14)10-4-5-12(20)13(21)6-10/h4-9H,1-3H3,(H,22,24). The molecule has 0 unspecified atom stereocenters. The number of oxazole rings is 1. The van der Waals surface area contributed by atoms with Crippen LogP contribution in [0.25, 0.3) is 11.5 Å². The SMILES string of the molecule is COc1cc(NC(=O)c2coc(-c3ccc(Cl)c(Cl)c3)n2)cc(OC)c1OC. The summed E-state index contributed by atoms with van der Waals surface area (Å²) in [6.45, 7) is 0. The van der Waals surface area contributed by atoms with Crippen molar-refractivity contribution in [2.45, 2.75) is 0 Å². The van der Waals surface area contributed by atoms with E-state index in [9.17, 15) is 4.79 Å². The molecule has 146 valence electrons. The Balaban J connectivity index is 1.84. The monoisotopic (exact) mass is 422 g/mol. The van der Waals surface area contributed by atoms with Gasteiger partial charge in [0.1, 0.15) is 6.26 Å². The molecule has 9 heteroatoms. The number of hydrogen-bond acceptors (Lipinski definition) is 6. The Bertz CT molecular complexity index is 994. The lowest BCUT2D eigenvalue weighted by molar-refractivity contribution is 0.102. The molecule has 2 aromatic carbocycles. The van der Waals surface area contributed by atoms with Crippen LogP contribution >= 0.6 is 23.2 Å². The number of amides is 1. The van der Waals surface area contributed by atoms with Gasteiger partial charge < -0.3 is 23.9 Å². The summed E-state index contributed by atoms with van der Waals surface area (Å²) in [7, 11) is 4.48. The fourth-order valence-electron chi connectivity index (χ4n) is 2.49. The minimum absolute atomic E-state index is 0.0924. The summed E-state index contributed by atoms with van der Waals surface area (Å²) in [5.41, 5.74) is 1.13. The lowest BCUT2D eigenvalue weighted by Crippen LogP contribution is -2.12. The summed E-state index contributed by atoms with van der Waals surface area (Å²) in [5, 5.41) is 3.50. The van der Waals surface area contributed by atoms with E-state index >= 15 is 0 Å². The molecule has 0 radical (unpaired) electrons. The Hall–Kier alpha value is -2.90. The Morgan fingerprint density at radius 3 is 2.25 bits per heavy atom. The Kier molecular flexibility index (Phi) is 5.96. The van der Waals surface area contributed by atoms with Gasteiger partial charge in [0.25, 0.3) is 5.91 Å². The zero-order chi connectivity index (χ0) is 20.3. The van der Waals surface area contributed by atoms with Crippen molar-refractivity contribution >= 4 is 34.8 Å². The van der Waals surface area contributed by atoms with E-state index < -0.39 is 5.91 Å². The molecule has 0 spiro atoms. The van der Waals surface area contributed by atoms with Crippen LogP contribution in [0.1, 0.15) is 10.5 Å². The molecule has 0 aliphatic carbocycles. The number of methoxy groups -OCH3 is 3. The first kappa shape index (κ1) is 19.9. The van der Waals surface area contributed by atoms with Crippen LogP contribution in [0.3, 0.4) is 0 Å². The zero-order valence-electron chi connectivity index (χ0n) is 15.2. The molecule has 1 N–H and O–H groups in total. The van der Waals surface area contributed by atoms with E-state index in [2.05, 4.69) is 10.3 Å². The molecule has 0 saturated carbocycles. The summed E-state index contributed by atoms with van der Waals surface area (Å²) in [6.07, 6.45) is 1.26. The summed E-state index contributed by atoms with van der Waals surface area (Å²) >= 11 is 11.9. The third kappa shape index (κ3) is 4.00. The highest BCUT2D eigenvalue weighted by atomic mass is 35.5. The van der Waals surface area contributed by atoms with Gasteiger partial charge in [-0.1, -0.05) is 23.2 Å². The molecule has 1 amide bonds. The van der Waals surface area contributed by atoms with Gasteiger partial charge in [-0.15, -0.1) is 0 Å². The van der Waals surface area contributed by atoms with Crippen molar-refractivity contribution in [2.75, 3.05) is 26.6 Å². The predicted octanol–water partition coefficient (Wildman–Crippen LogP) is 4.93. The van der Waals surface area contributed by atoms with Crippen LogP contribution in [-0.4, -0.2) is 32.2 Å². The molecule has 0 aliphatic rings. The topological polar surface area (TPSA) is 82.8 Å². The summed E-state index contributed by atoms with van der Waals surface area (Å²) in [6, 6.07) is 8.15. The lowest BCUT2D eigenvalue weighted by Gasteiger charge is -2.14. The Morgan fingerprint density at radius 1 is 1.00 bits per heavy atom. The second-order valence-electron chi connectivity index (χ2n) is 5.53. The third-order valence-corrected chi connectivity index (χ3v) is 4.56. The third-order valence-electron chi connectivity index (χ3n) is 3.83. The van der Waals surface area contributed by atoms with Crippen molar-refractivity contribution in [1.82, 2.24) is 4.98 Å². The molecule has 3 aromatic rings. The number of aromatic nitrogens is 1. The van der Waals surface area contributed by atoms with E-state index in [1.807, 2.05) is 0 Å². The number of anilines is 1. The van der Waals surface area contributed by atoms with Crippen LogP contribution in [0.15, 0.2) is 41.0 Å².